The summed E-state index contributed by atoms with van der Waals surface area (Å²) in [6.07, 6.45) is 4.28. The van der Waals surface area contributed by atoms with E-state index in [9.17, 15) is 4.79 Å². The quantitative estimate of drug-likeness (QED) is 0.855. The molecular formula is C22H27NO2. The molecule has 3 heteroatoms. The van der Waals surface area contributed by atoms with Gasteiger partial charge >= 0.3 is 0 Å². The summed E-state index contributed by atoms with van der Waals surface area (Å²) in [6, 6.07) is 16.5. The maximum atomic E-state index is 12.3. The molecule has 3 nitrogen and oxygen atoms in total. The zero-order chi connectivity index (χ0) is 17.6. The fourth-order valence-electron chi connectivity index (χ4n) is 3.34. The van der Waals surface area contributed by atoms with Crippen LogP contribution in [0.1, 0.15) is 49.3 Å². The number of fused-ring (bicyclic) bond motifs is 1. The van der Waals surface area contributed by atoms with Gasteiger partial charge in [-0.1, -0.05) is 43.3 Å². The summed E-state index contributed by atoms with van der Waals surface area (Å²) in [4.78, 5) is 12.3. The van der Waals surface area contributed by atoms with Crippen molar-refractivity contribution in [1.82, 2.24) is 5.32 Å². The lowest BCUT2D eigenvalue weighted by molar-refractivity contribution is -0.127. The lowest BCUT2D eigenvalue weighted by Gasteiger charge is -2.20. The molecule has 0 radical (unpaired) electrons. The van der Waals surface area contributed by atoms with Crippen LogP contribution >= 0.6 is 0 Å². The van der Waals surface area contributed by atoms with E-state index in [1.54, 1.807) is 0 Å². The van der Waals surface area contributed by atoms with Gasteiger partial charge in [-0.25, -0.2) is 0 Å². The minimum absolute atomic E-state index is 0.0690. The average Bonchev–Trinajstić information content (AvgIpc) is 2.66. The van der Waals surface area contributed by atoms with Gasteiger partial charge in [-0.3, -0.25) is 4.79 Å². The molecule has 2 atom stereocenters. The first-order chi connectivity index (χ1) is 12.1. The topological polar surface area (TPSA) is 38.3 Å². The maximum Gasteiger partial charge on any atom is 0.260 e. The molecule has 1 aliphatic carbocycles. The Morgan fingerprint density at radius 2 is 1.76 bits per heavy atom. The first-order valence-electron chi connectivity index (χ1n) is 9.24. The summed E-state index contributed by atoms with van der Waals surface area (Å²) >= 11 is 0. The molecule has 0 saturated carbocycles. The molecule has 0 aliphatic heterocycles. The zero-order valence-electron chi connectivity index (χ0n) is 15.1. The van der Waals surface area contributed by atoms with Crippen molar-refractivity contribution in [2.75, 3.05) is 6.54 Å². The molecule has 0 bridgehead atoms. The highest BCUT2D eigenvalue weighted by Crippen LogP contribution is 2.25. The number of benzene rings is 2. The van der Waals surface area contributed by atoms with Crippen molar-refractivity contribution in [2.45, 2.75) is 51.6 Å². The average molecular weight is 337 g/mol. The van der Waals surface area contributed by atoms with E-state index in [-0.39, 0.29) is 11.8 Å². The molecule has 0 aromatic heterocycles. The molecule has 3 rings (SSSR count). The van der Waals surface area contributed by atoms with Crippen LogP contribution in [0.5, 0.6) is 5.75 Å². The monoisotopic (exact) mass is 337 g/mol. The van der Waals surface area contributed by atoms with Crippen molar-refractivity contribution in [3.63, 3.8) is 0 Å². The Balaban J connectivity index is 1.52. The summed E-state index contributed by atoms with van der Waals surface area (Å²) in [5, 5.41) is 3.00. The number of rotatable bonds is 6. The number of nitrogens with one attached hydrogen (secondary N) is 1. The van der Waals surface area contributed by atoms with Crippen molar-refractivity contribution in [3.8, 4) is 5.75 Å². The van der Waals surface area contributed by atoms with Gasteiger partial charge in [-0.05, 0) is 67.3 Å². The lowest BCUT2D eigenvalue weighted by atomic mass is 9.92. The van der Waals surface area contributed by atoms with Gasteiger partial charge in [-0.15, -0.1) is 0 Å². The van der Waals surface area contributed by atoms with Crippen molar-refractivity contribution >= 4 is 5.91 Å². The van der Waals surface area contributed by atoms with Crippen LogP contribution in [-0.4, -0.2) is 18.6 Å². The van der Waals surface area contributed by atoms with Crippen LogP contribution in [0.4, 0.5) is 0 Å². The van der Waals surface area contributed by atoms with Crippen molar-refractivity contribution in [2.24, 2.45) is 0 Å². The number of hydrogen-bond donors (Lipinski definition) is 1. The number of hydrogen-bond acceptors (Lipinski definition) is 2. The van der Waals surface area contributed by atoms with Crippen molar-refractivity contribution in [1.29, 1.82) is 0 Å². The van der Waals surface area contributed by atoms with E-state index in [1.165, 1.54) is 29.5 Å². The van der Waals surface area contributed by atoms with Gasteiger partial charge in [0.25, 0.3) is 5.91 Å². The number of carbonyl (C=O) groups is 1. The fourth-order valence-corrected chi connectivity index (χ4v) is 3.34. The molecule has 1 amide bonds. The van der Waals surface area contributed by atoms with Crippen LogP contribution in [-0.2, 0) is 17.6 Å². The molecule has 0 spiro atoms. The predicted octanol–water partition coefficient (Wildman–Crippen LogP) is 4.25. The Morgan fingerprint density at radius 1 is 1.04 bits per heavy atom. The molecule has 25 heavy (non-hydrogen) atoms. The van der Waals surface area contributed by atoms with Gasteiger partial charge in [0.2, 0.25) is 0 Å². The predicted molar refractivity (Wildman–Crippen MR) is 101 cm³/mol. The lowest BCUT2D eigenvalue weighted by Crippen LogP contribution is -2.38. The third kappa shape index (κ3) is 4.62. The highest BCUT2D eigenvalue weighted by Gasteiger charge is 2.17. The molecule has 0 heterocycles. The smallest absolute Gasteiger partial charge is 0.260 e. The Kier molecular flexibility index (Phi) is 5.75. The summed E-state index contributed by atoms with van der Waals surface area (Å²) in [5.41, 5.74) is 4.02. The Hall–Kier alpha value is -2.29. The van der Waals surface area contributed by atoms with Crippen LogP contribution in [0.25, 0.3) is 0 Å². The molecule has 0 saturated heterocycles. The van der Waals surface area contributed by atoms with E-state index in [2.05, 4.69) is 36.5 Å². The van der Waals surface area contributed by atoms with E-state index >= 15 is 0 Å². The van der Waals surface area contributed by atoms with Crippen molar-refractivity contribution in [3.05, 3.63) is 65.2 Å². The Labute approximate surface area is 150 Å². The van der Waals surface area contributed by atoms with Gasteiger partial charge in [0, 0.05) is 6.54 Å². The summed E-state index contributed by atoms with van der Waals surface area (Å²) in [7, 11) is 0. The van der Waals surface area contributed by atoms with E-state index < -0.39 is 6.10 Å². The first kappa shape index (κ1) is 17.5. The molecule has 1 aliphatic rings. The number of amides is 1. The Morgan fingerprint density at radius 3 is 2.52 bits per heavy atom. The molecule has 132 valence electrons. The normalized spacial score (nSPS) is 15.8. The largest absolute Gasteiger partial charge is 0.481 e. The highest BCUT2D eigenvalue weighted by molar-refractivity contribution is 5.80. The van der Waals surface area contributed by atoms with Gasteiger partial charge in [0.1, 0.15) is 5.75 Å². The third-order valence-corrected chi connectivity index (χ3v) is 4.95. The number of ether oxygens (including phenoxy) is 1. The highest BCUT2D eigenvalue weighted by atomic mass is 16.5. The Bertz CT molecular complexity index is 711. The van der Waals surface area contributed by atoms with Crippen LogP contribution in [0.2, 0.25) is 0 Å². The minimum atomic E-state index is -0.496. The van der Waals surface area contributed by atoms with Crippen LogP contribution in [0.3, 0.4) is 0 Å². The molecule has 1 N–H and O–H groups in total. The summed E-state index contributed by atoms with van der Waals surface area (Å²) < 4.78 is 5.87. The summed E-state index contributed by atoms with van der Waals surface area (Å²) in [5.74, 6) is 1.00. The standard InChI is InChI=1S/C22H27NO2/c1-16(18-8-4-3-5-9-18)15-23-22(24)17(2)25-21-13-12-19-10-6-7-11-20(19)14-21/h3-5,8-9,12-14,16-17H,6-7,10-11,15H2,1-2H3,(H,23,24). The SMILES string of the molecule is CC(Oc1ccc2c(c1)CCCC2)C(=O)NCC(C)c1ccccc1. The molecule has 2 aromatic rings. The van der Waals surface area contributed by atoms with Gasteiger partial charge in [0.15, 0.2) is 6.10 Å². The zero-order valence-corrected chi connectivity index (χ0v) is 15.1. The second kappa shape index (κ2) is 8.19. The molecule has 2 unspecified atom stereocenters. The minimum Gasteiger partial charge on any atom is -0.481 e. The third-order valence-electron chi connectivity index (χ3n) is 4.95. The van der Waals surface area contributed by atoms with E-state index in [0.29, 0.717) is 6.54 Å². The second-order valence-corrected chi connectivity index (χ2v) is 6.95. The summed E-state index contributed by atoms with van der Waals surface area (Å²) in [6.45, 7) is 4.54. The first-order valence-corrected chi connectivity index (χ1v) is 9.24. The van der Waals surface area contributed by atoms with Gasteiger partial charge < -0.3 is 10.1 Å². The maximum absolute atomic E-state index is 12.3. The van der Waals surface area contributed by atoms with E-state index in [4.69, 9.17) is 4.74 Å². The van der Waals surface area contributed by atoms with Crippen LogP contribution < -0.4 is 10.1 Å². The fraction of sp³-hybridized carbons (Fsp3) is 0.409. The van der Waals surface area contributed by atoms with Gasteiger partial charge in [-0.2, -0.15) is 0 Å². The molecular weight excluding hydrogens is 310 g/mol. The molecule has 2 aromatic carbocycles. The molecule has 0 fully saturated rings. The number of aryl methyl sites for hydroxylation is 2. The number of carbonyl (C=O) groups excluding carboxylic acids is 1. The van der Waals surface area contributed by atoms with E-state index in [0.717, 1.165) is 18.6 Å². The van der Waals surface area contributed by atoms with E-state index in [1.807, 2.05) is 31.2 Å². The van der Waals surface area contributed by atoms with Crippen molar-refractivity contribution < 1.29 is 9.53 Å². The van der Waals surface area contributed by atoms with Crippen LogP contribution in [0, 0.1) is 0 Å². The van der Waals surface area contributed by atoms with Crippen LogP contribution in [0.15, 0.2) is 48.5 Å². The van der Waals surface area contributed by atoms with Gasteiger partial charge in [0.05, 0.1) is 0 Å². The second-order valence-electron chi connectivity index (χ2n) is 6.95.